The first-order valence-corrected chi connectivity index (χ1v) is 5.91. The van der Waals surface area contributed by atoms with Gasteiger partial charge in [-0.3, -0.25) is 4.68 Å². The van der Waals surface area contributed by atoms with Crippen LogP contribution in [0.25, 0.3) is 0 Å². The fourth-order valence-corrected chi connectivity index (χ4v) is 1.81. The molecule has 0 aliphatic rings. The highest BCUT2D eigenvalue weighted by molar-refractivity contribution is 5.24. The molecule has 92 valence electrons. The molecule has 1 rings (SSSR count). The first-order chi connectivity index (χ1) is 7.09. The Morgan fingerprint density at radius 1 is 1.25 bits per heavy atom. The molecule has 0 atom stereocenters. The van der Waals surface area contributed by atoms with Crippen LogP contribution in [0.15, 0.2) is 6.20 Å². The van der Waals surface area contributed by atoms with Crippen LogP contribution in [0.3, 0.4) is 0 Å². The van der Waals surface area contributed by atoms with Gasteiger partial charge >= 0.3 is 0 Å². The Hall–Kier alpha value is -0.830. The number of aryl methyl sites for hydroxylation is 2. The van der Waals surface area contributed by atoms with E-state index in [1.807, 2.05) is 11.7 Å². The molecule has 0 unspecified atom stereocenters. The molecule has 0 radical (unpaired) electrons. The average Bonchev–Trinajstić information content (AvgIpc) is 2.41. The minimum absolute atomic E-state index is 0.106. The maximum absolute atomic E-state index is 6.02. The van der Waals surface area contributed by atoms with Crippen LogP contribution in [0.2, 0.25) is 0 Å². The molecule has 0 aromatic carbocycles. The number of hydrogen-bond acceptors (Lipinski definition) is 2. The molecule has 0 aliphatic carbocycles. The minimum atomic E-state index is -0.106. The van der Waals surface area contributed by atoms with Crippen LogP contribution in [0.4, 0.5) is 0 Å². The smallest absolute Gasteiger partial charge is 0.0709 e. The summed E-state index contributed by atoms with van der Waals surface area (Å²) in [6.07, 6.45) is 4.11. The van der Waals surface area contributed by atoms with Crippen molar-refractivity contribution < 1.29 is 0 Å². The lowest BCUT2D eigenvalue weighted by molar-refractivity contribution is 0.471. The molecule has 0 spiro atoms. The summed E-state index contributed by atoms with van der Waals surface area (Å²) in [7, 11) is 1.98. The first-order valence-electron chi connectivity index (χ1n) is 5.91. The van der Waals surface area contributed by atoms with Gasteiger partial charge in [0.15, 0.2) is 0 Å². The van der Waals surface area contributed by atoms with Gasteiger partial charge in [0.2, 0.25) is 0 Å². The Balaban J connectivity index is 2.88. The van der Waals surface area contributed by atoms with Gasteiger partial charge in [0.25, 0.3) is 0 Å². The van der Waals surface area contributed by atoms with E-state index in [0.717, 1.165) is 12.8 Å². The van der Waals surface area contributed by atoms with Crippen molar-refractivity contribution >= 4 is 0 Å². The third kappa shape index (κ3) is 3.63. The minimum Gasteiger partial charge on any atom is -0.326 e. The Morgan fingerprint density at radius 3 is 2.25 bits per heavy atom. The van der Waals surface area contributed by atoms with Gasteiger partial charge in [0.05, 0.1) is 5.69 Å². The van der Waals surface area contributed by atoms with E-state index in [4.69, 9.17) is 5.73 Å². The van der Waals surface area contributed by atoms with Crippen molar-refractivity contribution in [3.8, 4) is 0 Å². The van der Waals surface area contributed by atoms with Crippen molar-refractivity contribution in [1.29, 1.82) is 0 Å². The summed E-state index contributed by atoms with van der Waals surface area (Å²) in [6.45, 7) is 10.7. The van der Waals surface area contributed by atoms with Crippen LogP contribution in [0.5, 0.6) is 0 Å². The van der Waals surface area contributed by atoms with Gasteiger partial charge in [-0.2, -0.15) is 5.10 Å². The molecule has 2 N–H and O–H groups in total. The van der Waals surface area contributed by atoms with Crippen LogP contribution in [-0.4, -0.2) is 15.3 Å². The van der Waals surface area contributed by atoms with E-state index >= 15 is 0 Å². The van der Waals surface area contributed by atoms with Gasteiger partial charge < -0.3 is 5.73 Å². The zero-order valence-corrected chi connectivity index (χ0v) is 11.5. The van der Waals surface area contributed by atoms with E-state index < -0.39 is 0 Å². The SMILES string of the molecule is Cn1cc(CCC(C)(C)N)c(C(C)(C)C)n1. The topological polar surface area (TPSA) is 43.8 Å². The summed E-state index contributed by atoms with van der Waals surface area (Å²) in [5.74, 6) is 0. The van der Waals surface area contributed by atoms with Crippen LogP contribution < -0.4 is 5.73 Å². The van der Waals surface area contributed by atoms with E-state index in [9.17, 15) is 0 Å². The van der Waals surface area contributed by atoms with E-state index in [0.29, 0.717) is 0 Å². The van der Waals surface area contributed by atoms with E-state index in [2.05, 4.69) is 45.9 Å². The zero-order valence-electron chi connectivity index (χ0n) is 11.5. The maximum Gasteiger partial charge on any atom is 0.0709 e. The third-order valence-electron chi connectivity index (χ3n) is 2.65. The Bertz CT molecular complexity index is 350. The fourth-order valence-electron chi connectivity index (χ4n) is 1.81. The monoisotopic (exact) mass is 223 g/mol. The summed E-state index contributed by atoms with van der Waals surface area (Å²) in [6, 6.07) is 0. The van der Waals surface area contributed by atoms with Gasteiger partial charge in [-0.25, -0.2) is 0 Å². The number of nitrogens with zero attached hydrogens (tertiary/aromatic N) is 2. The molecule has 1 aromatic rings. The largest absolute Gasteiger partial charge is 0.326 e. The summed E-state index contributed by atoms with van der Waals surface area (Å²) < 4.78 is 1.90. The zero-order chi connectivity index (χ0) is 12.6. The van der Waals surface area contributed by atoms with Crippen molar-refractivity contribution in [2.24, 2.45) is 12.8 Å². The molecular weight excluding hydrogens is 198 g/mol. The molecule has 0 amide bonds. The number of hydrogen-bond donors (Lipinski definition) is 1. The number of aromatic nitrogens is 2. The maximum atomic E-state index is 6.02. The van der Waals surface area contributed by atoms with Crippen LogP contribution in [0, 0.1) is 0 Å². The number of rotatable bonds is 3. The first kappa shape index (κ1) is 13.2. The lowest BCUT2D eigenvalue weighted by atomic mass is 9.87. The van der Waals surface area contributed by atoms with Crippen molar-refractivity contribution in [3.63, 3.8) is 0 Å². The Morgan fingerprint density at radius 2 is 1.81 bits per heavy atom. The normalized spacial score (nSPS) is 13.2. The molecule has 1 heterocycles. The fraction of sp³-hybridized carbons (Fsp3) is 0.769. The lowest BCUT2D eigenvalue weighted by Crippen LogP contribution is -2.32. The number of nitrogens with two attached hydrogens (primary N) is 1. The van der Waals surface area contributed by atoms with Gasteiger partial charge in [-0.05, 0) is 32.3 Å². The molecule has 0 saturated heterocycles. The van der Waals surface area contributed by atoms with Crippen molar-refractivity contribution in [2.45, 2.75) is 58.4 Å². The van der Waals surface area contributed by atoms with Crippen LogP contribution >= 0.6 is 0 Å². The van der Waals surface area contributed by atoms with Gasteiger partial charge in [-0.15, -0.1) is 0 Å². The third-order valence-corrected chi connectivity index (χ3v) is 2.65. The quantitative estimate of drug-likeness (QED) is 0.855. The second-order valence-electron chi connectivity index (χ2n) is 6.42. The molecule has 0 fully saturated rings. The highest BCUT2D eigenvalue weighted by Gasteiger charge is 2.22. The second-order valence-corrected chi connectivity index (χ2v) is 6.42. The van der Waals surface area contributed by atoms with Gasteiger partial charge in [0.1, 0.15) is 0 Å². The van der Waals surface area contributed by atoms with Gasteiger partial charge in [-0.1, -0.05) is 20.8 Å². The predicted molar refractivity (Wildman–Crippen MR) is 68.5 cm³/mol. The highest BCUT2D eigenvalue weighted by atomic mass is 15.3. The van der Waals surface area contributed by atoms with Crippen LogP contribution in [-0.2, 0) is 18.9 Å². The molecule has 0 bridgehead atoms. The van der Waals surface area contributed by atoms with E-state index in [1.54, 1.807) is 0 Å². The Kier molecular flexibility index (Phi) is 3.48. The standard InChI is InChI=1S/C13H25N3/c1-12(2,3)11-10(9-16(6)15-11)7-8-13(4,5)14/h9H,7-8,14H2,1-6H3. The average molecular weight is 223 g/mol. The summed E-state index contributed by atoms with van der Waals surface area (Å²) in [5.41, 5.74) is 8.54. The highest BCUT2D eigenvalue weighted by Crippen LogP contribution is 2.25. The molecule has 0 saturated carbocycles. The molecular formula is C13H25N3. The van der Waals surface area contributed by atoms with E-state index in [1.165, 1.54) is 11.3 Å². The molecule has 16 heavy (non-hydrogen) atoms. The van der Waals surface area contributed by atoms with Crippen molar-refractivity contribution in [1.82, 2.24) is 9.78 Å². The van der Waals surface area contributed by atoms with Crippen molar-refractivity contribution in [3.05, 3.63) is 17.5 Å². The van der Waals surface area contributed by atoms with Gasteiger partial charge in [0, 0.05) is 24.2 Å². The van der Waals surface area contributed by atoms with Crippen LogP contribution in [0.1, 0.15) is 52.3 Å². The molecule has 1 aromatic heterocycles. The molecule has 3 nitrogen and oxygen atoms in total. The molecule has 0 aliphatic heterocycles. The second kappa shape index (κ2) is 4.21. The molecule has 3 heteroatoms. The summed E-state index contributed by atoms with van der Waals surface area (Å²) in [5, 5.41) is 4.56. The predicted octanol–water partition coefficient (Wildman–Crippen LogP) is 2.39. The summed E-state index contributed by atoms with van der Waals surface area (Å²) >= 11 is 0. The van der Waals surface area contributed by atoms with Crippen molar-refractivity contribution in [2.75, 3.05) is 0 Å². The van der Waals surface area contributed by atoms with E-state index in [-0.39, 0.29) is 11.0 Å². The Labute approximate surface area is 99.0 Å². The summed E-state index contributed by atoms with van der Waals surface area (Å²) in [4.78, 5) is 0. The lowest BCUT2D eigenvalue weighted by Gasteiger charge is -2.21.